The van der Waals surface area contributed by atoms with Crippen molar-refractivity contribution in [2.75, 3.05) is 6.61 Å². The van der Waals surface area contributed by atoms with Gasteiger partial charge in [0.25, 0.3) is 11.8 Å². The van der Waals surface area contributed by atoms with E-state index in [4.69, 9.17) is 4.74 Å². The number of hydrogen-bond acceptors (Lipinski definition) is 5. The van der Waals surface area contributed by atoms with E-state index in [2.05, 4.69) is 15.8 Å². The van der Waals surface area contributed by atoms with E-state index in [0.29, 0.717) is 5.75 Å². The molecule has 0 heterocycles. The zero-order valence-electron chi connectivity index (χ0n) is 17.1. The quantitative estimate of drug-likeness (QED) is 0.394. The summed E-state index contributed by atoms with van der Waals surface area (Å²) in [6.07, 6.45) is 1.56. The molecule has 0 aliphatic carbocycles. The predicted octanol–water partition coefficient (Wildman–Crippen LogP) is 3.61. The van der Waals surface area contributed by atoms with Crippen molar-refractivity contribution in [3.05, 3.63) is 60.2 Å². The predicted molar refractivity (Wildman–Crippen MR) is 117 cm³/mol. The standard InChI is InChI=1S/C22H27N3O3S/c1-16(29-19-8-6-5-7-9-19)21(27)25-23-14-17-10-12-18(13-11-17)28-15-20(26)24-22(2,3)4/h5-14,16H,15H2,1-4H3,(H,24,26)(H,25,27)/b23-14-/t16-/m0/s1. The molecular weight excluding hydrogens is 386 g/mol. The molecule has 0 saturated heterocycles. The monoisotopic (exact) mass is 413 g/mol. The molecular formula is C22H27N3O3S. The number of nitrogens with zero attached hydrogens (tertiary/aromatic N) is 1. The lowest BCUT2D eigenvalue weighted by Gasteiger charge is -2.20. The summed E-state index contributed by atoms with van der Waals surface area (Å²) in [5, 5.41) is 6.58. The van der Waals surface area contributed by atoms with Crippen molar-refractivity contribution in [2.45, 2.75) is 43.4 Å². The van der Waals surface area contributed by atoms with E-state index in [9.17, 15) is 9.59 Å². The second kappa shape index (κ2) is 10.7. The lowest BCUT2D eigenvalue weighted by Crippen LogP contribution is -2.43. The van der Waals surface area contributed by atoms with Crippen LogP contribution in [-0.4, -0.2) is 35.4 Å². The molecule has 0 saturated carbocycles. The molecule has 0 fully saturated rings. The van der Waals surface area contributed by atoms with Gasteiger partial charge in [-0.1, -0.05) is 18.2 Å². The summed E-state index contributed by atoms with van der Waals surface area (Å²) in [6, 6.07) is 16.9. The molecule has 0 aromatic heterocycles. The van der Waals surface area contributed by atoms with Gasteiger partial charge in [0.1, 0.15) is 5.75 Å². The average molecular weight is 414 g/mol. The van der Waals surface area contributed by atoms with E-state index in [1.807, 2.05) is 58.0 Å². The van der Waals surface area contributed by atoms with Crippen LogP contribution in [0.15, 0.2) is 64.6 Å². The van der Waals surface area contributed by atoms with Crippen molar-refractivity contribution in [3.63, 3.8) is 0 Å². The van der Waals surface area contributed by atoms with Crippen LogP contribution < -0.4 is 15.5 Å². The number of carbonyl (C=O) groups is 2. The van der Waals surface area contributed by atoms with E-state index < -0.39 is 0 Å². The van der Waals surface area contributed by atoms with Gasteiger partial charge in [0.2, 0.25) is 0 Å². The summed E-state index contributed by atoms with van der Waals surface area (Å²) in [4.78, 5) is 24.9. The topological polar surface area (TPSA) is 79.8 Å². The van der Waals surface area contributed by atoms with Gasteiger partial charge in [-0.25, -0.2) is 5.43 Å². The Bertz CT molecular complexity index is 831. The third-order valence-corrected chi connectivity index (χ3v) is 4.69. The van der Waals surface area contributed by atoms with Gasteiger partial charge in [0.15, 0.2) is 6.61 Å². The molecule has 0 aliphatic rings. The fourth-order valence-corrected chi connectivity index (χ4v) is 3.15. The lowest BCUT2D eigenvalue weighted by molar-refractivity contribution is -0.124. The maximum Gasteiger partial charge on any atom is 0.258 e. The van der Waals surface area contributed by atoms with Crippen LogP contribution in [0.3, 0.4) is 0 Å². The second-order valence-corrected chi connectivity index (χ2v) is 8.88. The highest BCUT2D eigenvalue weighted by molar-refractivity contribution is 8.00. The minimum absolute atomic E-state index is 0.0439. The molecule has 0 bridgehead atoms. The average Bonchev–Trinajstić information content (AvgIpc) is 2.66. The Morgan fingerprint density at radius 2 is 1.76 bits per heavy atom. The first-order valence-corrected chi connectivity index (χ1v) is 10.2. The molecule has 0 aliphatic heterocycles. The highest BCUT2D eigenvalue weighted by atomic mass is 32.2. The van der Waals surface area contributed by atoms with Gasteiger partial charge < -0.3 is 10.1 Å². The SMILES string of the molecule is C[C@H](Sc1ccccc1)C(=O)N/N=C\c1ccc(OCC(=O)NC(C)(C)C)cc1. The highest BCUT2D eigenvalue weighted by Crippen LogP contribution is 2.22. The van der Waals surface area contributed by atoms with Gasteiger partial charge in [-0.05, 0) is 69.7 Å². The van der Waals surface area contributed by atoms with Gasteiger partial charge in [0, 0.05) is 10.4 Å². The maximum atomic E-state index is 12.1. The van der Waals surface area contributed by atoms with Gasteiger partial charge in [-0.2, -0.15) is 5.10 Å². The molecule has 2 aromatic carbocycles. The van der Waals surface area contributed by atoms with Gasteiger partial charge in [-0.15, -0.1) is 11.8 Å². The third-order valence-electron chi connectivity index (χ3n) is 3.58. The fraction of sp³-hybridized carbons (Fsp3) is 0.318. The Hall–Kier alpha value is -2.80. The number of rotatable bonds is 8. The summed E-state index contributed by atoms with van der Waals surface area (Å²) < 4.78 is 5.47. The first-order chi connectivity index (χ1) is 13.7. The number of hydrazone groups is 1. The van der Waals surface area contributed by atoms with Crippen LogP contribution >= 0.6 is 11.8 Å². The number of carbonyl (C=O) groups excluding carboxylic acids is 2. The molecule has 6 nitrogen and oxygen atoms in total. The molecule has 154 valence electrons. The number of hydrogen-bond donors (Lipinski definition) is 2. The number of thioether (sulfide) groups is 1. The Morgan fingerprint density at radius 3 is 2.38 bits per heavy atom. The molecule has 0 radical (unpaired) electrons. The van der Waals surface area contributed by atoms with Crippen molar-refractivity contribution in [1.82, 2.24) is 10.7 Å². The van der Waals surface area contributed by atoms with Crippen LogP contribution in [0, 0.1) is 0 Å². The molecule has 1 atom stereocenters. The van der Waals surface area contributed by atoms with Gasteiger partial charge >= 0.3 is 0 Å². The van der Waals surface area contributed by atoms with Crippen LogP contribution in [0.2, 0.25) is 0 Å². The minimum Gasteiger partial charge on any atom is -0.484 e. The highest BCUT2D eigenvalue weighted by Gasteiger charge is 2.14. The summed E-state index contributed by atoms with van der Waals surface area (Å²) >= 11 is 1.48. The maximum absolute atomic E-state index is 12.1. The van der Waals surface area contributed by atoms with Crippen LogP contribution in [0.4, 0.5) is 0 Å². The zero-order chi connectivity index (χ0) is 21.3. The van der Waals surface area contributed by atoms with E-state index in [1.165, 1.54) is 11.8 Å². The van der Waals surface area contributed by atoms with Gasteiger partial charge in [-0.3, -0.25) is 9.59 Å². The second-order valence-electron chi connectivity index (χ2n) is 7.46. The smallest absolute Gasteiger partial charge is 0.258 e. The van der Waals surface area contributed by atoms with Crippen LogP contribution in [0.1, 0.15) is 33.3 Å². The number of ether oxygens (including phenoxy) is 1. The molecule has 7 heteroatoms. The van der Waals surface area contributed by atoms with Crippen molar-refractivity contribution in [2.24, 2.45) is 5.10 Å². The fourth-order valence-electron chi connectivity index (χ4n) is 2.27. The molecule has 0 unspecified atom stereocenters. The van der Waals surface area contributed by atoms with Crippen molar-refractivity contribution in [3.8, 4) is 5.75 Å². The Labute approximate surface area is 176 Å². The lowest BCUT2D eigenvalue weighted by atomic mass is 10.1. The third kappa shape index (κ3) is 8.83. The largest absolute Gasteiger partial charge is 0.484 e. The van der Waals surface area contributed by atoms with E-state index in [-0.39, 0.29) is 29.2 Å². The molecule has 2 rings (SSSR count). The summed E-state index contributed by atoms with van der Waals surface area (Å²) in [5.41, 5.74) is 3.07. The van der Waals surface area contributed by atoms with E-state index in [1.54, 1.807) is 30.5 Å². The first-order valence-electron chi connectivity index (χ1n) is 9.31. The zero-order valence-corrected chi connectivity index (χ0v) is 18.0. The minimum atomic E-state index is -0.289. The summed E-state index contributed by atoms with van der Waals surface area (Å²) in [5.74, 6) is 0.247. The number of benzene rings is 2. The normalized spacial score (nSPS) is 12.4. The van der Waals surface area contributed by atoms with Crippen molar-refractivity contribution >= 4 is 29.8 Å². The molecule has 2 N–H and O–H groups in total. The van der Waals surface area contributed by atoms with Crippen LogP contribution in [-0.2, 0) is 9.59 Å². The number of amides is 2. The molecule has 2 amide bonds. The van der Waals surface area contributed by atoms with Crippen molar-refractivity contribution in [1.29, 1.82) is 0 Å². The summed E-state index contributed by atoms with van der Waals surface area (Å²) in [7, 11) is 0. The number of nitrogens with one attached hydrogen (secondary N) is 2. The van der Waals surface area contributed by atoms with Crippen molar-refractivity contribution < 1.29 is 14.3 Å². The van der Waals surface area contributed by atoms with E-state index in [0.717, 1.165) is 10.5 Å². The Balaban J connectivity index is 1.77. The van der Waals surface area contributed by atoms with Crippen LogP contribution in [0.5, 0.6) is 5.75 Å². The Kier molecular flexibility index (Phi) is 8.27. The molecule has 0 spiro atoms. The van der Waals surface area contributed by atoms with Crippen LogP contribution in [0.25, 0.3) is 0 Å². The van der Waals surface area contributed by atoms with Gasteiger partial charge in [0.05, 0.1) is 11.5 Å². The Morgan fingerprint density at radius 1 is 1.10 bits per heavy atom. The first kappa shape index (κ1) is 22.5. The van der Waals surface area contributed by atoms with E-state index >= 15 is 0 Å². The molecule has 2 aromatic rings. The summed E-state index contributed by atoms with van der Waals surface area (Å²) in [6.45, 7) is 7.54. The molecule has 29 heavy (non-hydrogen) atoms.